The standard InChI is InChI=1S/C20H19N3O2/c1-25-16-7-4-13(5-8-16)11-14-3-2-10-23-19(14)22-18-12-15(21)6-9-17(18)20(23)24/h4-9,11-12H,2-3,10,21H2,1H3/b14-11+. The normalized spacial score (nSPS) is 15.3. The van der Waals surface area contributed by atoms with E-state index in [1.807, 2.05) is 24.3 Å². The molecule has 1 aromatic heterocycles. The van der Waals surface area contributed by atoms with Crippen LogP contribution in [0.15, 0.2) is 47.3 Å². The summed E-state index contributed by atoms with van der Waals surface area (Å²) in [5.41, 5.74) is 9.25. The fourth-order valence-electron chi connectivity index (χ4n) is 3.27. The summed E-state index contributed by atoms with van der Waals surface area (Å²) in [5, 5.41) is 0.614. The van der Waals surface area contributed by atoms with Crippen LogP contribution in [0.2, 0.25) is 0 Å². The van der Waals surface area contributed by atoms with Crippen LogP contribution in [0.5, 0.6) is 5.75 Å². The minimum absolute atomic E-state index is 0.000306. The Labute approximate surface area is 145 Å². The smallest absolute Gasteiger partial charge is 0.261 e. The lowest BCUT2D eigenvalue weighted by atomic mass is 10.0. The summed E-state index contributed by atoms with van der Waals surface area (Å²) in [7, 11) is 1.65. The fraction of sp³-hybridized carbons (Fsp3) is 0.200. The number of fused-ring (bicyclic) bond motifs is 2. The average molecular weight is 333 g/mol. The predicted molar refractivity (Wildman–Crippen MR) is 101 cm³/mol. The topological polar surface area (TPSA) is 70.1 Å². The SMILES string of the molecule is COc1ccc(/C=C2\CCCn3c2nc2cc(N)ccc2c3=O)cc1. The summed E-state index contributed by atoms with van der Waals surface area (Å²) >= 11 is 0. The second kappa shape index (κ2) is 6.09. The van der Waals surface area contributed by atoms with E-state index in [9.17, 15) is 4.79 Å². The van der Waals surface area contributed by atoms with Crippen molar-refractivity contribution in [2.24, 2.45) is 0 Å². The van der Waals surface area contributed by atoms with E-state index in [0.29, 0.717) is 23.1 Å². The number of allylic oxidation sites excluding steroid dienone is 1. The molecular formula is C20H19N3O2. The van der Waals surface area contributed by atoms with Crippen LogP contribution >= 0.6 is 0 Å². The maximum absolute atomic E-state index is 12.8. The highest BCUT2D eigenvalue weighted by Gasteiger charge is 2.19. The largest absolute Gasteiger partial charge is 0.497 e. The minimum Gasteiger partial charge on any atom is -0.497 e. The van der Waals surface area contributed by atoms with Crippen LogP contribution in [0.1, 0.15) is 24.2 Å². The zero-order valence-electron chi connectivity index (χ0n) is 14.0. The van der Waals surface area contributed by atoms with E-state index in [-0.39, 0.29) is 5.56 Å². The lowest BCUT2D eigenvalue weighted by Gasteiger charge is -2.21. The molecule has 5 nitrogen and oxygen atoms in total. The number of hydrogen-bond acceptors (Lipinski definition) is 4. The van der Waals surface area contributed by atoms with Crippen LogP contribution in [-0.4, -0.2) is 16.7 Å². The van der Waals surface area contributed by atoms with Gasteiger partial charge in [-0.25, -0.2) is 4.98 Å². The Hall–Kier alpha value is -3.08. The zero-order chi connectivity index (χ0) is 17.4. The molecule has 2 aromatic carbocycles. The highest BCUT2D eigenvalue weighted by atomic mass is 16.5. The van der Waals surface area contributed by atoms with Crippen molar-refractivity contribution in [2.45, 2.75) is 19.4 Å². The Balaban J connectivity index is 1.87. The number of benzene rings is 2. The van der Waals surface area contributed by atoms with Crippen molar-refractivity contribution in [2.75, 3.05) is 12.8 Å². The van der Waals surface area contributed by atoms with E-state index < -0.39 is 0 Å². The van der Waals surface area contributed by atoms with Gasteiger partial charge in [-0.15, -0.1) is 0 Å². The molecule has 0 spiro atoms. The van der Waals surface area contributed by atoms with Crippen LogP contribution in [0.25, 0.3) is 22.6 Å². The van der Waals surface area contributed by atoms with Gasteiger partial charge in [0.1, 0.15) is 11.6 Å². The second-order valence-electron chi connectivity index (χ2n) is 6.22. The van der Waals surface area contributed by atoms with Gasteiger partial charge in [-0.05, 0) is 60.4 Å². The van der Waals surface area contributed by atoms with Crippen molar-refractivity contribution in [3.8, 4) is 5.75 Å². The van der Waals surface area contributed by atoms with Gasteiger partial charge in [-0.3, -0.25) is 9.36 Å². The Morgan fingerprint density at radius 3 is 2.76 bits per heavy atom. The molecule has 0 radical (unpaired) electrons. The Kier molecular flexibility index (Phi) is 3.76. The van der Waals surface area contributed by atoms with Gasteiger partial charge in [0.15, 0.2) is 0 Å². The first-order valence-corrected chi connectivity index (χ1v) is 8.31. The van der Waals surface area contributed by atoms with Crippen LogP contribution in [0, 0.1) is 0 Å². The van der Waals surface area contributed by atoms with Gasteiger partial charge in [0.05, 0.1) is 18.0 Å². The first-order valence-electron chi connectivity index (χ1n) is 8.31. The molecule has 2 heterocycles. The third-order valence-corrected chi connectivity index (χ3v) is 4.55. The molecule has 0 aliphatic carbocycles. The summed E-state index contributed by atoms with van der Waals surface area (Å²) in [6.45, 7) is 0.696. The molecule has 2 N–H and O–H groups in total. The summed E-state index contributed by atoms with van der Waals surface area (Å²) < 4.78 is 6.98. The molecule has 126 valence electrons. The van der Waals surface area contributed by atoms with E-state index in [4.69, 9.17) is 15.5 Å². The molecule has 3 aromatic rings. The van der Waals surface area contributed by atoms with E-state index in [1.54, 1.807) is 29.9 Å². The van der Waals surface area contributed by atoms with Crippen molar-refractivity contribution in [1.82, 2.24) is 9.55 Å². The highest BCUT2D eigenvalue weighted by molar-refractivity contribution is 5.85. The lowest BCUT2D eigenvalue weighted by molar-refractivity contribution is 0.415. The molecule has 1 aliphatic heterocycles. The monoisotopic (exact) mass is 333 g/mol. The molecule has 4 rings (SSSR count). The molecule has 5 heteroatoms. The maximum Gasteiger partial charge on any atom is 0.261 e. The molecule has 0 fully saturated rings. The number of nitrogens with two attached hydrogens (primary N) is 1. The quantitative estimate of drug-likeness (QED) is 0.730. The molecule has 0 saturated carbocycles. The Bertz CT molecular complexity index is 1030. The Morgan fingerprint density at radius 1 is 1.20 bits per heavy atom. The molecule has 0 saturated heterocycles. The van der Waals surface area contributed by atoms with Crippen LogP contribution in [0.4, 0.5) is 5.69 Å². The summed E-state index contributed by atoms with van der Waals surface area (Å²) in [5.74, 6) is 1.56. The maximum atomic E-state index is 12.8. The zero-order valence-corrected chi connectivity index (χ0v) is 14.0. The van der Waals surface area contributed by atoms with E-state index >= 15 is 0 Å². The Morgan fingerprint density at radius 2 is 2.00 bits per heavy atom. The van der Waals surface area contributed by atoms with Crippen LogP contribution < -0.4 is 16.0 Å². The van der Waals surface area contributed by atoms with Gasteiger partial charge in [0.2, 0.25) is 0 Å². The number of aromatic nitrogens is 2. The molecular weight excluding hydrogens is 314 g/mol. The summed E-state index contributed by atoms with van der Waals surface area (Å²) in [4.78, 5) is 17.5. The lowest BCUT2D eigenvalue weighted by Crippen LogP contribution is -2.27. The summed E-state index contributed by atoms with van der Waals surface area (Å²) in [6.07, 6.45) is 3.92. The van der Waals surface area contributed by atoms with Crippen molar-refractivity contribution in [1.29, 1.82) is 0 Å². The van der Waals surface area contributed by atoms with E-state index in [0.717, 1.165) is 35.6 Å². The number of anilines is 1. The van der Waals surface area contributed by atoms with Crippen LogP contribution in [0.3, 0.4) is 0 Å². The highest BCUT2D eigenvalue weighted by Crippen LogP contribution is 2.28. The molecule has 0 unspecified atom stereocenters. The number of nitrogens with zero attached hydrogens (tertiary/aromatic N) is 2. The number of ether oxygens (including phenoxy) is 1. The summed E-state index contributed by atoms with van der Waals surface area (Å²) in [6, 6.07) is 13.1. The number of rotatable bonds is 2. The fourth-order valence-corrected chi connectivity index (χ4v) is 3.27. The first kappa shape index (κ1) is 15.4. The van der Waals surface area contributed by atoms with E-state index in [2.05, 4.69) is 6.08 Å². The van der Waals surface area contributed by atoms with Gasteiger partial charge in [0, 0.05) is 12.2 Å². The number of methoxy groups -OCH3 is 1. The first-order chi connectivity index (χ1) is 12.2. The van der Waals surface area contributed by atoms with Gasteiger partial charge in [-0.1, -0.05) is 12.1 Å². The van der Waals surface area contributed by atoms with Gasteiger partial charge >= 0.3 is 0 Å². The molecule has 1 aliphatic rings. The molecule has 0 bridgehead atoms. The van der Waals surface area contributed by atoms with Gasteiger partial charge < -0.3 is 10.5 Å². The third kappa shape index (κ3) is 2.78. The molecule has 25 heavy (non-hydrogen) atoms. The number of hydrogen-bond donors (Lipinski definition) is 1. The van der Waals surface area contributed by atoms with Crippen molar-refractivity contribution >= 4 is 28.2 Å². The van der Waals surface area contributed by atoms with Crippen molar-refractivity contribution in [3.63, 3.8) is 0 Å². The van der Waals surface area contributed by atoms with Crippen LogP contribution in [-0.2, 0) is 6.54 Å². The molecule has 0 amide bonds. The average Bonchev–Trinajstić information content (AvgIpc) is 2.63. The van der Waals surface area contributed by atoms with E-state index in [1.165, 1.54) is 0 Å². The predicted octanol–water partition coefficient (Wildman–Crippen LogP) is 3.32. The second-order valence-corrected chi connectivity index (χ2v) is 6.22. The minimum atomic E-state index is 0.000306. The third-order valence-electron chi connectivity index (χ3n) is 4.55. The van der Waals surface area contributed by atoms with Gasteiger partial charge in [0.25, 0.3) is 5.56 Å². The van der Waals surface area contributed by atoms with Crippen molar-refractivity contribution in [3.05, 3.63) is 64.2 Å². The molecule has 0 atom stereocenters. The van der Waals surface area contributed by atoms with Crippen molar-refractivity contribution < 1.29 is 4.74 Å². The number of nitrogen functional groups attached to an aromatic ring is 1. The van der Waals surface area contributed by atoms with Gasteiger partial charge in [-0.2, -0.15) is 0 Å².